The molecule has 0 amide bonds. The van der Waals surface area contributed by atoms with E-state index in [9.17, 15) is 13.2 Å². The molecular weight excluding hydrogens is 245 g/mol. The van der Waals surface area contributed by atoms with Gasteiger partial charge < -0.3 is 5.73 Å². The van der Waals surface area contributed by atoms with Crippen LogP contribution in [0.1, 0.15) is 11.3 Å². The maximum absolute atomic E-state index is 12.3. The van der Waals surface area contributed by atoms with Crippen molar-refractivity contribution in [2.45, 2.75) is 13.1 Å². The fraction of sp³-hybridized carbons (Fsp3) is 0.182. The van der Waals surface area contributed by atoms with Gasteiger partial charge in [-0.15, -0.1) is 10.2 Å². The summed E-state index contributed by atoms with van der Waals surface area (Å²) in [5.74, 6) is 0.118. The Morgan fingerprint density at radius 1 is 1.17 bits per heavy atom. The lowest BCUT2D eigenvalue weighted by atomic mass is 10.1. The molecule has 4 nitrogen and oxygen atoms in total. The number of nitrogens with two attached hydrogens (primary N) is 1. The first kappa shape index (κ1) is 12.3. The number of aryl methyl sites for hydroxylation is 1. The third-order valence-electron chi connectivity index (χ3n) is 2.35. The zero-order valence-corrected chi connectivity index (χ0v) is 9.36. The molecular formula is C11H9F3N4. The fourth-order valence-electron chi connectivity index (χ4n) is 1.41. The maximum Gasteiger partial charge on any atom is 0.436 e. The van der Waals surface area contributed by atoms with E-state index in [1.54, 1.807) is 25.1 Å². The minimum Gasteiger partial charge on any atom is -0.399 e. The molecule has 0 radical (unpaired) electrons. The van der Waals surface area contributed by atoms with Gasteiger partial charge in [0.05, 0.1) is 6.20 Å². The predicted octanol–water partition coefficient (Wildman–Crippen LogP) is 2.45. The van der Waals surface area contributed by atoms with Crippen LogP contribution in [0.5, 0.6) is 0 Å². The summed E-state index contributed by atoms with van der Waals surface area (Å²) in [5.41, 5.74) is 6.35. The Morgan fingerprint density at radius 3 is 2.44 bits per heavy atom. The highest BCUT2D eigenvalue weighted by Crippen LogP contribution is 2.27. The lowest BCUT2D eigenvalue weighted by Gasteiger charge is -2.07. The Hall–Kier alpha value is -2.18. The number of hydrogen-bond donors (Lipinski definition) is 1. The van der Waals surface area contributed by atoms with Gasteiger partial charge in [-0.25, -0.2) is 4.98 Å². The van der Waals surface area contributed by atoms with Gasteiger partial charge in [0, 0.05) is 11.3 Å². The van der Waals surface area contributed by atoms with Gasteiger partial charge in [-0.3, -0.25) is 0 Å². The first-order chi connectivity index (χ1) is 8.38. The number of rotatable bonds is 1. The molecule has 0 saturated carbocycles. The monoisotopic (exact) mass is 254 g/mol. The molecule has 0 spiro atoms. The lowest BCUT2D eigenvalue weighted by Crippen LogP contribution is -2.10. The Bertz CT molecular complexity index is 563. The molecule has 2 aromatic rings. The van der Waals surface area contributed by atoms with Gasteiger partial charge in [-0.2, -0.15) is 13.2 Å². The summed E-state index contributed by atoms with van der Waals surface area (Å²) in [7, 11) is 0. The van der Waals surface area contributed by atoms with E-state index in [-0.39, 0.29) is 5.82 Å². The minimum absolute atomic E-state index is 0.118. The molecule has 0 aliphatic carbocycles. The van der Waals surface area contributed by atoms with Crippen molar-refractivity contribution in [3.8, 4) is 11.4 Å². The summed E-state index contributed by atoms with van der Waals surface area (Å²) in [5, 5.41) is 6.60. The summed E-state index contributed by atoms with van der Waals surface area (Å²) in [6.45, 7) is 1.79. The second-order valence-corrected chi connectivity index (χ2v) is 3.74. The third kappa shape index (κ3) is 2.39. The van der Waals surface area contributed by atoms with Crippen molar-refractivity contribution in [3.05, 3.63) is 35.7 Å². The van der Waals surface area contributed by atoms with E-state index in [2.05, 4.69) is 15.2 Å². The first-order valence-electron chi connectivity index (χ1n) is 5.01. The first-order valence-corrected chi connectivity index (χ1v) is 5.01. The Morgan fingerprint density at radius 2 is 1.89 bits per heavy atom. The van der Waals surface area contributed by atoms with Crippen molar-refractivity contribution in [3.63, 3.8) is 0 Å². The number of anilines is 1. The van der Waals surface area contributed by atoms with E-state index in [4.69, 9.17) is 5.73 Å². The van der Waals surface area contributed by atoms with Gasteiger partial charge in [0.2, 0.25) is 0 Å². The largest absolute Gasteiger partial charge is 0.436 e. The molecule has 0 fully saturated rings. The Kier molecular flexibility index (Phi) is 2.90. The smallest absolute Gasteiger partial charge is 0.399 e. The number of nitrogen functional groups attached to an aromatic ring is 1. The highest BCUT2D eigenvalue weighted by molar-refractivity contribution is 5.64. The Labute approximate surface area is 101 Å². The molecule has 2 N–H and O–H groups in total. The van der Waals surface area contributed by atoms with Crippen LogP contribution in [0.2, 0.25) is 0 Å². The quantitative estimate of drug-likeness (QED) is 0.794. The summed E-state index contributed by atoms with van der Waals surface area (Å²) >= 11 is 0. The average molecular weight is 254 g/mol. The van der Waals surface area contributed by atoms with E-state index in [0.717, 1.165) is 5.56 Å². The maximum atomic E-state index is 12.3. The molecule has 0 bridgehead atoms. The van der Waals surface area contributed by atoms with Crippen molar-refractivity contribution in [2.24, 2.45) is 0 Å². The topological polar surface area (TPSA) is 64.7 Å². The van der Waals surface area contributed by atoms with E-state index in [1.165, 1.54) is 0 Å². The Balaban J connectivity index is 2.43. The van der Waals surface area contributed by atoms with Crippen molar-refractivity contribution in [2.75, 3.05) is 5.73 Å². The number of halogens is 3. The third-order valence-corrected chi connectivity index (χ3v) is 2.35. The molecule has 94 valence electrons. The molecule has 0 atom stereocenters. The molecule has 0 saturated heterocycles. The molecule has 0 unspecified atom stereocenters. The number of nitrogens with zero attached hydrogens (tertiary/aromatic N) is 3. The van der Waals surface area contributed by atoms with Gasteiger partial charge in [-0.05, 0) is 24.6 Å². The molecule has 7 heteroatoms. The number of aromatic nitrogens is 3. The van der Waals surface area contributed by atoms with Crippen LogP contribution in [-0.2, 0) is 6.18 Å². The molecule has 1 aromatic heterocycles. The van der Waals surface area contributed by atoms with Crippen LogP contribution in [0.15, 0.2) is 24.4 Å². The zero-order chi connectivity index (χ0) is 13.3. The second kappa shape index (κ2) is 4.25. The minimum atomic E-state index is -4.54. The van der Waals surface area contributed by atoms with Gasteiger partial charge in [0.25, 0.3) is 0 Å². The van der Waals surface area contributed by atoms with E-state index >= 15 is 0 Å². The van der Waals surface area contributed by atoms with Crippen LogP contribution >= 0.6 is 0 Å². The SMILES string of the molecule is Cc1ccc(N)cc1-c1ncc(C(F)(F)F)nn1. The number of benzene rings is 1. The standard InChI is InChI=1S/C11H9F3N4/c1-6-2-3-7(15)4-8(6)10-16-5-9(17-18-10)11(12,13)14/h2-5H,15H2,1H3. The molecule has 0 aliphatic heterocycles. The van der Waals surface area contributed by atoms with Gasteiger partial charge in [0.1, 0.15) is 0 Å². The van der Waals surface area contributed by atoms with E-state index in [1.807, 2.05) is 0 Å². The van der Waals surface area contributed by atoms with Crippen LogP contribution in [0.3, 0.4) is 0 Å². The van der Waals surface area contributed by atoms with Crippen molar-refractivity contribution in [1.82, 2.24) is 15.2 Å². The lowest BCUT2D eigenvalue weighted by molar-refractivity contribution is -0.142. The fourth-order valence-corrected chi connectivity index (χ4v) is 1.41. The molecule has 0 aliphatic rings. The second-order valence-electron chi connectivity index (χ2n) is 3.74. The summed E-state index contributed by atoms with van der Waals surface area (Å²) in [6.07, 6.45) is -3.88. The van der Waals surface area contributed by atoms with Crippen LogP contribution in [0.4, 0.5) is 18.9 Å². The van der Waals surface area contributed by atoms with Crippen molar-refractivity contribution >= 4 is 5.69 Å². The van der Waals surface area contributed by atoms with Crippen LogP contribution < -0.4 is 5.73 Å². The molecule has 1 heterocycles. The van der Waals surface area contributed by atoms with E-state index < -0.39 is 11.9 Å². The highest BCUT2D eigenvalue weighted by atomic mass is 19.4. The summed E-state index contributed by atoms with van der Waals surface area (Å²) in [6, 6.07) is 5.03. The predicted molar refractivity (Wildman–Crippen MR) is 59.4 cm³/mol. The summed E-state index contributed by atoms with van der Waals surface area (Å²) < 4.78 is 36.9. The molecule has 1 aromatic carbocycles. The van der Waals surface area contributed by atoms with Gasteiger partial charge in [0.15, 0.2) is 11.5 Å². The summed E-state index contributed by atoms with van der Waals surface area (Å²) in [4.78, 5) is 3.67. The zero-order valence-electron chi connectivity index (χ0n) is 9.36. The van der Waals surface area contributed by atoms with Gasteiger partial charge in [-0.1, -0.05) is 6.07 Å². The number of alkyl halides is 3. The highest BCUT2D eigenvalue weighted by Gasteiger charge is 2.33. The molecule has 18 heavy (non-hydrogen) atoms. The number of hydrogen-bond acceptors (Lipinski definition) is 4. The van der Waals surface area contributed by atoms with Gasteiger partial charge >= 0.3 is 6.18 Å². The van der Waals surface area contributed by atoms with Crippen LogP contribution in [0, 0.1) is 6.92 Å². The average Bonchev–Trinajstić information content (AvgIpc) is 2.31. The van der Waals surface area contributed by atoms with Crippen molar-refractivity contribution in [1.29, 1.82) is 0 Å². The normalized spacial score (nSPS) is 11.6. The molecule has 2 rings (SSSR count). The van der Waals surface area contributed by atoms with E-state index in [0.29, 0.717) is 17.4 Å². The van der Waals surface area contributed by atoms with Crippen LogP contribution in [-0.4, -0.2) is 15.2 Å². The van der Waals surface area contributed by atoms with Crippen LogP contribution in [0.25, 0.3) is 11.4 Å². The van der Waals surface area contributed by atoms with Crippen molar-refractivity contribution < 1.29 is 13.2 Å².